The zero-order valence-corrected chi connectivity index (χ0v) is 9.76. The number of hydrogen-bond donors (Lipinski definition) is 1. The summed E-state index contributed by atoms with van der Waals surface area (Å²) < 4.78 is 11.2. The largest absolute Gasteiger partial charge is 0.343 e. The third kappa shape index (κ3) is 2.60. The van der Waals surface area contributed by atoms with Crippen LogP contribution in [0.1, 0.15) is 11.1 Å². The average Bonchev–Trinajstić information content (AvgIpc) is 2.31. The fourth-order valence-electron chi connectivity index (χ4n) is 1.70. The van der Waals surface area contributed by atoms with Gasteiger partial charge in [0.1, 0.15) is 0 Å². The minimum absolute atomic E-state index is 0.566. The molecule has 0 fully saturated rings. The van der Waals surface area contributed by atoms with Crippen molar-refractivity contribution in [3.05, 3.63) is 65.7 Å². The van der Waals surface area contributed by atoms with Crippen LogP contribution in [0.3, 0.4) is 0 Å². The van der Waals surface area contributed by atoms with E-state index in [0.29, 0.717) is 11.7 Å². The summed E-state index contributed by atoms with van der Waals surface area (Å²) >= 11 is 0. The molecule has 0 bridgehead atoms. The molecule has 2 aromatic rings. The molecule has 82 valence electrons. The van der Waals surface area contributed by atoms with Crippen molar-refractivity contribution >= 4 is 13.3 Å². The molecular formula is C13H13O2P. The Morgan fingerprint density at radius 1 is 0.938 bits per heavy atom. The van der Waals surface area contributed by atoms with Gasteiger partial charge in [0.05, 0.1) is 0 Å². The average molecular weight is 232 g/mol. The van der Waals surface area contributed by atoms with Crippen molar-refractivity contribution in [2.24, 2.45) is 0 Å². The Balaban J connectivity index is 2.31. The highest BCUT2D eigenvalue weighted by molar-refractivity contribution is 7.47. The first-order valence-corrected chi connectivity index (χ1v) is 6.48. The highest BCUT2D eigenvalue weighted by Crippen LogP contribution is 2.18. The summed E-state index contributed by atoms with van der Waals surface area (Å²) in [4.78, 5) is 9.23. The maximum atomic E-state index is 11.2. The molecule has 0 radical (unpaired) electrons. The van der Waals surface area contributed by atoms with E-state index in [9.17, 15) is 9.46 Å². The van der Waals surface area contributed by atoms with E-state index in [1.807, 2.05) is 42.5 Å². The first kappa shape index (κ1) is 11.1. The lowest BCUT2D eigenvalue weighted by atomic mass is 10.1. The Kier molecular flexibility index (Phi) is 3.55. The number of rotatable bonds is 3. The Morgan fingerprint density at radius 2 is 1.56 bits per heavy atom. The fourth-order valence-corrected chi connectivity index (χ4v) is 2.38. The van der Waals surface area contributed by atoms with Crippen molar-refractivity contribution in [2.75, 3.05) is 0 Å². The minimum Gasteiger partial charge on any atom is -0.343 e. The van der Waals surface area contributed by atoms with Gasteiger partial charge in [-0.15, -0.1) is 0 Å². The van der Waals surface area contributed by atoms with Gasteiger partial charge in [0.15, 0.2) is 0 Å². The van der Waals surface area contributed by atoms with Crippen molar-refractivity contribution in [1.29, 1.82) is 0 Å². The molecule has 0 spiro atoms. The second-order valence-electron chi connectivity index (χ2n) is 3.62. The lowest BCUT2D eigenvalue weighted by molar-refractivity contribution is 0.513. The first-order chi connectivity index (χ1) is 7.77. The zero-order chi connectivity index (χ0) is 11.4. The maximum Gasteiger partial charge on any atom is 0.218 e. The SMILES string of the molecule is O=[PH](O)c1ccccc1Cc1ccccc1. The lowest BCUT2D eigenvalue weighted by Crippen LogP contribution is -2.05. The summed E-state index contributed by atoms with van der Waals surface area (Å²) in [5.41, 5.74) is 2.08. The standard InChI is InChI=1S/C13H13O2P/c14-16(15)13-9-5-4-8-12(13)10-11-6-2-1-3-7-11/h1-9,16H,10H2,(H,14,15). The van der Waals surface area contributed by atoms with E-state index in [0.717, 1.165) is 11.1 Å². The summed E-state index contributed by atoms with van der Waals surface area (Å²) in [6.45, 7) is 0. The fraction of sp³-hybridized carbons (Fsp3) is 0.0769. The van der Waals surface area contributed by atoms with Gasteiger partial charge in [-0.1, -0.05) is 48.5 Å². The van der Waals surface area contributed by atoms with Crippen molar-refractivity contribution in [3.8, 4) is 0 Å². The molecule has 0 heterocycles. The molecule has 0 aliphatic heterocycles. The van der Waals surface area contributed by atoms with Crippen LogP contribution in [0.4, 0.5) is 0 Å². The summed E-state index contributed by atoms with van der Waals surface area (Å²) in [5.74, 6) is 0. The summed E-state index contributed by atoms with van der Waals surface area (Å²) in [6.07, 6.45) is 0.702. The Labute approximate surface area is 95.4 Å². The Bertz CT molecular complexity index is 494. The molecule has 16 heavy (non-hydrogen) atoms. The van der Waals surface area contributed by atoms with Gasteiger partial charge in [-0.05, 0) is 23.6 Å². The number of hydrogen-bond acceptors (Lipinski definition) is 1. The van der Waals surface area contributed by atoms with Crippen LogP contribution in [0, 0.1) is 0 Å². The third-order valence-corrected chi connectivity index (χ3v) is 3.43. The normalized spacial score (nSPS) is 12.3. The van der Waals surface area contributed by atoms with Gasteiger partial charge in [0, 0.05) is 5.30 Å². The van der Waals surface area contributed by atoms with Crippen LogP contribution >= 0.6 is 8.03 Å². The minimum atomic E-state index is -2.61. The molecule has 1 unspecified atom stereocenters. The van der Waals surface area contributed by atoms with Gasteiger partial charge in [0.2, 0.25) is 8.03 Å². The second kappa shape index (κ2) is 5.11. The Morgan fingerprint density at radius 3 is 2.25 bits per heavy atom. The molecule has 2 nitrogen and oxygen atoms in total. The van der Waals surface area contributed by atoms with Crippen LogP contribution in [-0.2, 0) is 11.0 Å². The van der Waals surface area contributed by atoms with E-state index in [1.165, 1.54) is 0 Å². The molecule has 0 amide bonds. The zero-order valence-electron chi connectivity index (χ0n) is 8.76. The van der Waals surface area contributed by atoms with E-state index >= 15 is 0 Å². The van der Waals surface area contributed by atoms with Crippen molar-refractivity contribution < 1.29 is 9.46 Å². The summed E-state index contributed by atoms with van der Waals surface area (Å²) in [7, 11) is -2.61. The van der Waals surface area contributed by atoms with Gasteiger partial charge in [-0.25, -0.2) is 0 Å². The molecule has 0 aliphatic carbocycles. The Hall–Kier alpha value is -1.37. The topological polar surface area (TPSA) is 37.3 Å². The van der Waals surface area contributed by atoms with Crippen LogP contribution in [0.5, 0.6) is 0 Å². The lowest BCUT2D eigenvalue weighted by Gasteiger charge is -2.06. The first-order valence-electron chi connectivity index (χ1n) is 5.12. The van der Waals surface area contributed by atoms with Crippen molar-refractivity contribution in [2.45, 2.75) is 6.42 Å². The third-order valence-electron chi connectivity index (χ3n) is 2.49. The molecule has 1 N–H and O–H groups in total. The van der Waals surface area contributed by atoms with Gasteiger partial charge in [-0.3, -0.25) is 4.57 Å². The van der Waals surface area contributed by atoms with Gasteiger partial charge in [0.25, 0.3) is 0 Å². The van der Waals surface area contributed by atoms with E-state index in [1.54, 1.807) is 12.1 Å². The highest BCUT2D eigenvalue weighted by atomic mass is 31.1. The van der Waals surface area contributed by atoms with Gasteiger partial charge < -0.3 is 4.89 Å². The maximum absolute atomic E-state index is 11.2. The predicted molar refractivity (Wildman–Crippen MR) is 66.5 cm³/mol. The monoisotopic (exact) mass is 232 g/mol. The summed E-state index contributed by atoms with van der Waals surface area (Å²) in [6, 6.07) is 17.3. The highest BCUT2D eigenvalue weighted by Gasteiger charge is 2.06. The molecule has 1 atom stereocenters. The second-order valence-corrected chi connectivity index (χ2v) is 4.77. The smallest absolute Gasteiger partial charge is 0.218 e. The van der Waals surface area contributed by atoms with Crippen LogP contribution in [0.2, 0.25) is 0 Å². The number of benzene rings is 2. The predicted octanol–water partition coefficient (Wildman–Crippen LogP) is 2.37. The van der Waals surface area contributed by atoms with E-state index in [4.69, 9.17) is 0 Å². The van der Waals surface area contributed by atoms with Crippen LogP contribution in [0.25, 0.3) is 0 Å². The molecule has 0 saturated carbocycles. The molecule has 0 aromatic heterocycles. The molecule has 0 aliphatic rings. The van der Waals surface area contributed by atoms with E-state index in [2.05, 4.69) is 0 Å². The van der Waals surface area contributed by atoms with Crippen LogP contribution in [0.15, 0.2) is 54.6 Å². The molecular weight excluding hydrogens is 219 g/mol. The van der Waals surface area contributed by atoms with E-state index < -0.39 is 8.03 Å². The molecule has 2 rings (SSSR count). The van der Waals surface area contributed by atoms with Crippen molar-refractivity contribution in [3.63, 3.8) is 0 Å². The van der Waals surface area contributed by atoms with Gasteiger partial charge >= 0.3 is 0 Å². The van der Waals surface area contributed by atoms with Gasteiger partial charge in [-0.2, -0.15) is 0 Å². The summed E-state index contributed by atoms with van der Waals surface area (Å²) in [5, 5.41) is 0.566. The van der Waals surface area contributed by atoms with Crippen LogP contribution < -0.4 is 5.30 Å². The quantitative estimate of drug-likeness (QED) is 0.825. The molecule has 2 aromatic carbocycles. The van der Waals surface area contributed by atoms with Crippen molar-refractivity contribution in [1.82, 2.24) is 0 Å². The van der Waals surface area contributed by atoms with Crippen LogP contribution in [-0.4, -0.2) is 4.89 Å². The van der Waals surface area contributed by atoms with E-state index in [-0.39, 0.29) is 0 Å². The molecule has 3 heteroatoms. The molecule has 0 saturated heterocycles.